The normalized spacial score (nSPS) is 13.5. The molecule has 1 aromatic rings. The number of hydrogen-bond acceptors (Lipinski definition) is 4. The highest BCUT2D eigenvalue weighted by atomic mass is 16.5. The van der Waals surface area contributed by atoms with Crippen LogP contribution < -0.4 is 14.8 Å². The van der Waals surface area contributed by atoms with Crippen LogP contribution in [0.4, 0.5) is 0 Å². The molecule has 0 saturated carbocycles. The Labute approximate surface area is 126 Å². The monoisotopic (exact) mass is 295 g/mol. The number of carbonyl (C=O) groups is 1. The molecule has 0 aliphatic carbocycles. The molecule has 0 saturated heterocycles. The smallest absolute Gasteiger partial charge is 0.323 e. The molecule has 0 aromatic heterocycles. The van der Waals surface area contributed by atoms with E-state index in [1.54, 1.807) is 6.92 Å². The molecule has 0 bridgehead atoms. The van der Waals surface area contributed by atoms with Crippen molar-refractivity contribution in [2.75, 3.05) is 19.8 Å². The number of ether oxygens (including phenoxy) is 2. The van der Waals surface area contributed by atoms with Crippen molar-refractivity contribution >= 4 is 5.97 Å². The number of nitrogens with one attached hydrogen (secondary N) is 1. The van der Waals surface area contributed by atoms with Crippen LogP contribution in [0, 0.1) is 0 Å². The molecule has 0 amide bonds. The van der Waals surface area contributed by atoms with Gasteiger partial charge in [0, 0.05) is 6.54 Å². The van der Waals surface area contributed by atoms with Crippen molar-refractivity contribution < 1.29 is 19.4 Å². The lowest BCUT2D eigenvalue weighted by molar-refractivity contribution is -0.144. The first-order chi connectivity index (χ1) is 10.0. The SMILES string of the molecule is CCCC(C)(NCCOc1ccc(OCC)cc1)C(=O)O. The van der Waals surface area contributed by atoms with Crippen LogP contribution >= 0.6 is 0 Å². The minimum atomic E-state index is -0.892. The van der Waals surface area contributed by atoms with Crippen LogP contribution in [0.5, 0.6) is 11.5 Å². The topological polar surface area (TPSA) is 67.8 Å². The molecule has 0 radical (unpaired) electrons. The quantitative estimate of drug-likeness (QED) is 0.650. The predicted octanol–water partition coefficient (Wildman–Crippen LogP) is 2.70. The van der Waals surface area contributed by atoms with Gasteiger partial charge in [0.1, 0.15) is 23.6 Å². The average Bonchev–Trinajstić information content (AvgIpc) is 2.46. The molecule has 1 atom stereocenters. The Bertz CT molecular complexity index is 432. The van der Waals surface area contributed by atoms with Crippen LogP contribution in [0.2, 0.25) is 0 Å². The zero-order valence-corrected chi connectivity index (χ0v) is 13.0. The van der Waals surface area contributed by atoms with Gasteiger partial charge in [0.15, 0.2) is 0 Å². The van der Waals surface area contributed by atoms with Crippen molar-refractivity contribution in [3.63, 3.8) is 0 Å². The van der Waals surface area contributed by atoms with Gasteiger partial charge in [-0.3, -0.25) is 10.1 Å². The summed E-state index contributed by atoms with van der Waals surface area (Å²) in [6.07, 6.45) is 1.40. The third-order valence-electron chi connectivity index (χ3n) is 3.24. The number of rotatable bonds is 10. The summed E-state index contributed by atoms with van der Waals surface area (Å²) < 4.78 is 10.9. The summed E-state index contributed by atoms with van der Waals surface area (Å²) in [4.78, 5) is 11.3. The largest absolute Gasteiger partial charge is 0.494 e. The fraction of sp³-hybridized carbons (Fsp3) is 0.562. The third kappa shape index (κ3) is 5.63. The Morgan fingerprint density at radius 2 is 1.76 bits per heavy atom. The lowest BCUT2D eigenvalue weighted by atomic mass is 9.96. The summed E-state index contributed by atoms with van der Waals surface area (Å²) >= 11 is 0. The molecule has 5 nitrogen and oxygen atoms in total. The van der Waals surface area contributed by atoms with E-state index in [9.17, 15) is 9.90 Å². The molecule has 21 heavy (non-hydrogen) atoms. The van der Waals surface area contributed by atoms with E-state index in [-0.39, 0.29) is 0 Å². The van der Waals surface area contributed by atoms with Gasteiger partial charge < -0.3 is 14.6 Å². The van der Waals surface area contributed by atoms with E-state index >= 15 is 0 Å². The van der Waals surface area contributed by atoms with Crippen LogP contribution in [-0.4, -0.2) is 36.4 Å². The molecule has 1 unspecified atom stereocenters. The van der Waals surface area contributed by atoms with E-state index in [1.165, 1.54) is 0 Å². The number of hydrogen-bond donors (Lipinski definition) is 2. The van der Waals surface area contributed by atoms with Gasteiger partial charge in [0.2, 0.25) is 0 Å². The van der Waals surface area contributed by atoms with Crippen molar-refractivity contribution in [3.8, 4) is 11.5 Å². The van der Waals surface area contributed by atoms with E-state index in [1.807, 2.05) is 38.1 Å². The Morgan fingerprint density at radius 3 is 2.24 bits per heavy atom. The molecular weight excluding hydrogens is 270 g/mol. The van der Waals surface area contributed by atoms with Gasteiger partial charge in [-0.2, -0.15) is 0 Å². The minimum Gasteiger partial charge on any atom is -0.494 e. The standard InChI is InChI=1S/C16H25NO4/c1-4-10-16(3,15(18)19)17-11-12-21-14-8-6-13(7-9-14)20-5-2/h6-9,17H,4-5,10-12H2,1-3H3,(H,18,19). The van der Waals surface area contributed by atoms with Gasteiger partial charge in [-0.1, -0.05) is 13.3 Å². The number of aliphatic carboxylic acids is 1. The fourth-order valence-electron chi connectivity index (χ4n) is 2.07. The Balaban J connectivity index is 2.37. The highest BCUT2D eigenvalue weighted by Crippen LogP contribution is 2.17. The summed E-state index contributed by atoms with van der Waals surface area (Å²) in [6, 6.07) is 7.39. The molecule has 118 valence electrons. The molecule has 2 N–H and O–H groups in total. The minimum absolute atomic E-state index is 0.417. The summed E-state index contributed by atoms with van der Waals surface area (Å²) in [5.41, 5.74) is -0.892. The Kier molecular flexibility index (Phi) is 7.02. The van der Waals surface area contributed by atoms with E-state index in [0.29, 0.717) is 26.2 Å². The highest BCUT2D eigenvalue weighted by molar-refractivity contribution is 5.78. The number of benzene rings is 1. The molecular formula is C16H25NO4. The zero-order chi connectivity index (χ0) is 15.7. The van der Waals surface area contributed by atoms with Crippen molar-refractivity contribution in [2.45, 2.75) is 39.2 Å². The van der Waals surface area contributed by atoms with E-state index < -0.39 is 11.5 Å². The molecule has 0 aliphatic heterocycles. The van der Waals surface area contributed by atoms with Gasteiger partial charge in [-0.05, 0) is 44.5 Å². The van der Waals surface area contributed by atoms with Crippen molar-refractivity contribution in [1.29, 1.82) is 0 Å². The van der Waals surface area contributed by atoms with Gasteiger partial charge in [-0.25, -0.2) is 0 Å². The first kappa shape index (κ1) is 17.3. The molecule has 0 aliphatic rings. The molecule has 1 aromatic carbocycles. The lowest BCUT2D eigenvalue weighted by Gasteiger charge is -2.25. The lowest BCUT2D eigenvalue weighted by Crippen LogP contribution is -2.50. The van der Waals surface area contributed by atoms with Crippen molar-refractivity contribution in [2.24, 2.45) is 0 Å². The Morgan fingerprint density at radius 1 is 1.19 bits per heavy atom. The van der Waals surface area contributed by atoms with E-state index in [0.717, 1.165) is 17.9 Å². The fourth-order valence-corrected chi connectivity index (χ4v) is 2.07. The maximum Gasteiger partial charge on any atom is 0.323 e. The first-order valence-electron chi connectivity index (χ1n) is 7.36. The average molecular weight is 295 g/mol. The van der Waals surface area contributed by atoms with Gasteiger partial charge in [0.05, 0.1) is 6.61 Å². The second kappa shape index (κ2) is 8.52. The molecule has 0 spiro atoms. The van der Waals surface area contributed by atoms with Crippen LogP contribution in [-0.2, 0) is 4.79 Å². The maximum atomic E-state index is 11.3. The molecule has 5 heteroatoms. The summed E-state index contributed by atoms with van der Waals surface area (Å²) in [5.74, 6) is 0.725. The summed E-state index contributed by atoms with van der Waals surface area (Å²) in [6.45, 7) is 7.15. The van der Waals surface area contributed by atoms with Crippen molar-refractivity contribution in [3.05, 3.63) is 24.3 Å². The van der Waals surface area contributed by atoms with E-state index in [4.69, 9.17) is 9.47 Å². The second-order valence-corrected chi connectivity index (χ2v) is 5.07. The highest BCUT2D eigenvalue weighted by Gasteiger charge is 2.30. The zero-order valence-electron chi connectivity index (χ0n) is 13.0. The van der Waals surface area contributed by atoms with E-state index in [2.05, 4.69) is 5.32 Å². The third-order valence-corrected chi connectivity index (χ3v) is 3.24. The van der Waals surface area contributed by atoms with Crippen LogP contribution in [0.25, 0.3) is 0 Å². The molecule has 1 rings (SSSR count). The summed E-state index contributed by atoms with van der Waals surface area (Å²) in [7, 11) is 0. The second-order valence-electron chi connectivity index (χ2n) is 5.07. The van der Waals surface area contributed by atoms with Gasteiger partial charge in [-0.15, -0.1) is 0 Å². The predicted molar refractivity (Wildman–Crippen MR) is 82.1 cm³/mol. The van der Waals surface area contributed by atoms with Crippen LogP contribution in [0.1, 0.15) is 33.6 Å². The van der Waals surface area contributed by atoms with Crippen LogP contribution in [0.3, 0.4) is 0 Å². The number of carboxylic acids is 1. The number of carboxylic acid groups (broad SMARTS) is 1. The molecule has 0 fully saturated rings. The van der Waals surface area contributed by atoms with Gasteiger partial charge in [0.25, 0.3) is 0 Å². The first-order valence-corrected chi connectivity index (χ1v) is 7.36. The van der Waals surface area contributed by atoms with Gasteiger partial charge >= 0.3 is 5.97 Å². The van der Waals surface area contributed by atoms with Crippen LogP contribution in [0.15, 0.2) is 24.3 Å². The Hall–Kier alpha value is -1.75. The molecule has 0 heterocycles. The summed E-state index contributed by atoms with van der Waals surface area (Å²) in [5, 5.41) is 12.3. The van der Waals surface area contributed by atoms with Crippen molar-refractivity contribution in [1.82, 2.24) is 5.32 Å². The maximum absolute atomic E-state index is 11.3.